The van der Waals surface area contributed by atoms with E-state index in [9.17, 15) is 4.79 Å². The molecule has 2 aromatic rings. The molecule has 3 heterocycles. The van der Waals surface area contributed by atoms with Crippen molar-refractivity contribution >= 4 is 30.7 Å². The SMILES string of the molecule is Cc1oc(-c2ccco2)nc1CC(=O)NC1CCNC(C)C1.Cl.Cl. The predicted molar refractivity (Wildman–Crippen MR) is 95.8 cm³/mol. The summed E-state index contributed by atoms with van der Waals surface area (Å²) >= 11 is 0. The summed E-state index contributed by atoms with van der Waals surface area (Å²) in [4.78, 5) is 16.6. The topological polar surface area (TPSA) is 80.3 Å². The van der Waals surface area contributed by atoms with Gasteiger partial charge in [-0.25, -0.2) is 4.98 Å². The number of halogens is 2. The standard InChI is InChI=1S/C16H21N3O3.2ClH/c1-10-8-12(5-6-17-10)18-15(20)9-13-11(2)22-16(19-13)14-4-3-7-21-14;;/h3-4,7,10,12,17H,5-6,8-9H2,1-2H3,(H,18,20);2*1H. The number of carbonyl (C=O) groups excluding carboxylic acids is 1. The number of aryl methyl sites for hydroxylation is 1. The van der Waals surface area contributed by atoms with Crippen molar-refractivity contribution in [2.75, 3.05) is 6.54 Å². The summed E-state index contributed by atoms with van der Waals surface area (Å²) in [5, 5.41) is 6.46. The van der Waals surface area contributed by atoms with Crippen LogP contribution in [0.5, 0.6) is 0 Å². The lowest BCUT2D eigenvalue weighted by Gasteiger charge is -2.28. The maximum absolute atomic E-state index is 12.2. The predicted octanol–water partition coefficient (Wildman–Crippen LogP) is 2.89. The number of aromatic nitrogens is 1. The minimum atomic E-state index is -0.0125. The lowest BCUT2D eigenvalue weighted by atomic mass is 10.0. The average Bonchev–Trinajstić information content (AvgIpc) is 3.09. The Kier molecular flexibility index (Phi) is 7.79. The molecule has 0 aliphatic carbocycles. The molecule has 2 atom stereocenters. The number of piperidine rings is 1. The van der Waals surface area contributed by atoms with Crippen LogP contribution in [0.3, 0.4) is 0 Å². The van der Waals surface area contributed by atoms with Crippen molar-refractivity contribution < 1.29 is 13.6 Å². The van der Waals surface area contributed by atoms with E-state index in [1.807, 2.05) is 6.92 Å². The molecule has 1 fully saturated rings. The fraction of sp³-hybridized carbons (Fsp3) is 0.500. The van der Waals surface area contributed by atoms with Crippen LogP contribution in [-0.4, -0.2) is 29.5 Å². The Bertz CT molecular complexity index is 643. The van der Waals surface area contributed by atoms with E-state index in [1.165, 1.54) is 0 Å². The second-order valence-corrected chi connectivity index (χ2v) is 5.82. The van der Waals surface area contributed by atoms with Gasteiger partial charge in [-0.05, 0) is 45.4 Å². The number of furan rings is 1. The van der Waals surface area contributed by atoms with Gasteiger partial charge in [-0.1, -0.05) is 0 Å². The third-order valence-electron chi connectivity index (χ3n) is 3.94. The molecule has 1 aliphatic heterocycles. The number of nitrogens with zero attached hydrogens (tertiary/aromatic N) is 1. The van der Waals surface area contributed by atoms with Crippen LogP contribution >= 0.6 is 24.8 Å². The first kappa shape index (κ1) is 20.5. The molecule has 1 amide bonds. The van der Waals surface area contributed by atoms with E-state index in [0.717, 1.165) is 19.4 Å². The molecule has 0 saturated carbocycles. The summed E-state index contributed by atoms with van der Waals surface area (Å²) in [6, 6.07) is 4.24. The first-order valence-electron chi connectivity index (χ1n) is 7.64. The minimum Gasteiger partial charge on any atom is -0.459 e. The van der Waals surface area contributed by atoms with Gasteiger partial charge in [0.1, 0.15) is 5.76 Å². The Morgan fingerprint density at radius 3 is 2.92 bits per heavy atom. The zero-order chi connectivity index (χ0) is 15.5. The Labute approximate surface area is 153 Å². The summed E-state index contributed by atoms with van der Waals surface area (Å²) in [6.45, 7) is 4.89. The molecule has 2 N–H and O–H groups in total. The van der Waals surface area contributed by atoms with Gasteiger partial charge in [-0.2, -0.15) is 0 Å². The van der Waals surface area contributed by atoms with Crippen LogP contribution in [0.15, 0.2) is 27.2 Å². The summed E-state index contributed by atoms with van der Waals surface area (Å²) in [7, 11) is 0. The number of oxazole rings is 1. The highest BCUT2D eigenvalue weighted by atomic mass is 35.5. The van der Waals surface area contributed by atoms with Gasteiger partial charge in [0.05, 0.1) is 18.4 Å². The van der Waals surface area contributed by atoms with Crippen molar-refractivity contribution in [2.45, 2.75) is 45.2 Å². The van der Waals surface area contributed by atoms with Gasteiger partial charge in [0.15, 0.2) is 5.76 Å². The number of hydrogen-bond donors (Lipinski definition) is 2. The molecule has 24 heavy (non-hydrogen) atoms. The van der Waals surface area contributed by atoms with Crippen LogP contribution in [0, 0.1) is 6.92 Å². The average molecular weight is 376 g/mol. The molecule has 0 radical (unpaired) electrons. The molecule has 0 aromatic carbocycles. The lowest BCUT2D eigenvalue weighted by Crippen LogP contribution is -2.47. The second kappa shape index (κ2) is 9.11. The zero-order valence-corrected chi connectivity index (χ0v) is 15.3. The number of hydrogen-bond acceptors (Lipinski definition) is 5. The Morgan fingerprint density at radius 1 is 1.46 bits per heavy atom. The molecule has 0 bridgehead atoms. The van der Waals surface area contributed by atoms with Crippen molar-refractivity contribution in [1.82, 2.24) is 15.6 Å². The molecule has 2 aromatic heterocycles. The van der Waals surface area contributed by atoms with E-state index in [4.69, 9.17) is 8.83 Å². The van der Waals surface area contributed by atoms with E-state index in [0.29, 0.717) is 29.1 Å². The van der Waals surface area contributed by atoms with E-state index in [-0.39, 0.29) is 43.2 Å². The maximum Gasteiger partial charge on any atom is 0.263 e. The van der Waals surface area contributed by atoms with Gasteiger partial charge in [-0.3, -0.25) is 4.79 Å². The molecule has 134 valence electrons. The van der Waals surface area contributed by atoms with Crippen LogP contribution in [0.25, 0.3) is 11.7 Å². The van der Waals surface area contributed by atoms with Crippen molar-refractivity contribution in [3.05, 3.63) is 29.9 Å². The van der Waals surface area contributed by atoms with Gasteiger partial charge < -0.3 is 19.5 Å². The summed E-state index contributed by atoms with van der Waals surface area (Å²) in [5.74, 6) is 1.63. The van der Waals surface area contributed by atoms with Crippen LogP contribution in [-0.2, 0) is 11.2 Å². The maximum atomic E-state index is 12.2. The number of nitrogens with one attached hydrogen (secondary N) is 2. The molecular formula is C16H23Cl2N3O3. The molecule has 6 nitrogen and oxygen atoms in total. The molecule has 1 aliphatic rings. The highest BCUT2D eigenvalue weighted by molar-refractivity contribution is 5.85. The summed E-state index contributed by atoms with van der Waals surface area (Å²) in [6.07, 6.45) is 3.72. The van der Waals surface area contributed by atoms with Crippen LogP contribution in [0.1, 0.15) is 31.2 Å². The number of amides is 1. The van der Waals surface area contributed by atoms with Gasteiger partial charge in [0.25, 0.3) is 5.89 Å². The minimum absolute atomic E-state index is 0. The molecule has 8 heteroatoms. The second-order valence-electron chi connectivity index (χ2n) is 5.82. The van der Waals surface area contributed by atoms with E-state index in [2.05, 4.69) is 22.5 Å². The molecule has 2 unspecified atom stereocenters. The van der Waals surface area contributed by atoms with Crippen molar-refractivity contribution in [3.63, 3.8) is 0 Å². The van der Waals surface area contributed by atoms with Crippen LogP contribution < -0.4 is 10.6 Å². The van der Waals surface area contributed by atoms with Crippen molar-refractivity contribution in [3.8, 4) is 11.7 Å². The van der Waals surface area contributed by atoms with Gasteiger partial charge in [0.2, 0.25) is 5.91 Å². The smallest absolute Gasteiger partial charge is 0.263 e. The molecule has 3 rings (SSSR count). The third kappa shape index (κ3) is 5.00. The molecule has 0 spiro atoms. The van der Waals surface area contributed by atoms with Crippen LogP contribution in [0.2, 0.25) is 0 Å². The molecule has 1 saturated heterocycles. The van der Waals surface area contributed by atoms with Crippen molar-refractivity contribution in [2.24, 2.45) is 0 Å². The first-order valence-corrected chi connectivity index (χ1v) is 7.64. The van der Waals surface area contributed by atoms with Gasteiger partial charge in [0, 0.05) is 12.1 Å². The fourth-order valence-corrected chi connectivity index (χ4v) is 2.79. The Balaban J connectivity index is 0.00000144. The van der Waals surface area contributed by atoms with Gasteiger partial charge in [-0.15, -0.1) is 24.8 Å². The quantitative estimate of drug-likeness (QED) is 0.858. The largest absolute Gasteiger partial charge is 0.459 e. The third-order valence-corrected chi connectivity index (χ3v) is 3.94. The first-order chi connectivity index (χ1) is 10.6. The summed E-state index contributed by atoms with van der Waals surface area (Å²) < 4.78 is 10.8. The summed E-state index contributed by atoms with van der Waals surface area (Å²) in [5.41, 5.74) is 0.658. The fourth-order valence-electron chi connectivity index (χ4n) is 2.79. The van der Waals surface area contributed by atoms with Crippen LogP contribution in [0.4, 0.5) is 0 Å². The van der Waals surface area contributed by atoms with Gasteiger partial charge >= 0.3 is 0 Å². The highest BCUT2D eigenvalue weighted by Gasteiger charge is 2.21. The number of rotatable bonds is 4. The lowest BCUT2D eigenvalue weighted by molar-refractivity contribution is -0.121. The normalized spacial score (nSPS) is 19.9. The Hall–Kier alpha value is -1.50. The Morgan fingerprint density at radius 2 is 2.25 bits per heavy atom. The highest BCUT2D eigenvalue weighted by Crippen LogP contribution is 2.22. The van der Waals surface area contributed by atoms with E-state index >= 15 is 0 Å². The zero-order valence-electron chi connectivity index (χ0n) is 13.7. The van der Waals surface area contributed by atoms with Crippen molar-refractivity contribution in [1.29, 1.82) is 0 Å². The monoisotopic (exact) mass is 375 g/mol. The number of carbonyl (C=O) groups is 1. The van der Waals surface area contributed by atoms with E-state index < -0.39 is 0 Å². The van der Waals surface area contributed by atoms with E-state index in [1.54, 1.807) is 18.4 Å². The molecular weight excluding hydrogens is 353 g/mol.